The van der Waals surface area contributed by atoms with Crippen molar-refractivity contribution in [1.82, 2.24) is 0 Å². The zero-order chi connectivity index (χ0) is 21.3. The quantitative estimate of drug-likeness (QED) is 0.357. The van der Waals surface area contributed by atoms with Crippen LogP contribution in [0.1, 0.15) is 51.7 Å². The first-order valence-corrected chi connectivity index (χ1v) is 11.3. The standard InChI is InChI=1S/C28H36N2/c1-21(2)11-13-23-7-5-9-27(19-23)29-25-15-17-26(18-16-25)30-28-10-6-8-24(20-28)14-12-22(3)4/h5-10,15-22,29-30H,11-14H2,1-4H3. The van der Waals surface area contributed by atoms with Crippen LogP contribution in [0.2, 0.25) is 0 Å². The van der Waals surface area contributed by atoms with Crippen molar-refractivity contribution < 1.29 is 0 Å². The SMILES string of the molecule is CC(C)CCc1cccc(Nc2ccc(Nc3cccc(CCC(C)C)c3)cc2)c1. The van der Waals surface area contributed by atoms with Crippen LogP contribution in [0.4, 0.5) is 22.7 Å². The Morgan fingerprint density at radius 1 is 0.533 bits per heavy atom. The van der Waals surface area contributed by atoms with E-state index in [1.54, 1.807) is 0 Å². The fraction of sp³-hybridized carbons (Fsp3) is 0.357. The van der Waals surface area contributed by atoms with Crippen molar-refractivity contribution in [2.75, 3.05) is 10.6 Å². The molecule has 0 saturated carbocycles. The van der Waals surface area contributed by atoms with Gasteiger partial charge in [-0.1, -0.05) is 52.0 Å². The number of hydrogen-bond donors (Lipinski definition) is 2. The lowest BCUT2D eigenvalue weighted by Crippen LogP contribution is -1.96. The van der Waals surface area contributed by atoms with Gasteiger partial charge in [0.05, 0.1) is 0 Å². The number of rotatable bonds is 10. The van der Waals surface area contributed by atoms with E-state index in [1.807, 2.05) is 0 Å². The van der Waals surface area contributed by atoms with Crippen molar-refractivity contribution in [2.45, 2.75) is 53.4 Å². The van der Waals surface area contributed by atoms with Crippen molar-refractivity contribution in [3.63, 3.8) is 0 Å². The van der Waals surface area contributed by atoms with Gasteiger partial charge in [-0.25, -0.2) is 0 Å². The molecule has 0 aliphatic rings. The summed E-state index contributed by atoms with van der Waals surface area (Å²) in [6, 6.07) is 26.0. The van der Waals surface area contributed by atoms with Crippen LogP contribution in [0, 0.1) is 11.8 Å². The predicted octanol–water partition coefficient (Wildman–Crippen LogP) is 8.35. The lowest BCUT2D eigenvalue weighted by Gasteiger charge is -2.12. The molecule has 3 aromatic rings. The van der Waals surface area contributed by atoms with E-state index in [0.29, 0.717) is 0 Å². The molecule has 0 fully saturated rings. The molecule has 0 spiro atoms. The van der Waals surface area contributed by atoms with E-state index in [0.717, 1.165) is 47.4 Å². The zero-order valence-corrected chi connectivity index (χ0v) is 18.9. The van der Waals surface area contributed by atoms with Crippen molar-refractivity contribution >= 4 is 22.7 Å². The molecule has 2 N–H and O–H groups in total. The molecule has 0 bridgehead atoms. The molecule has 0 heterocycles. The number of hydrogen-bond acceptors (Lipinski definition) is 2. The lowest BCUT2D eigenvalue weighted by atomic mass is 10.0. The van der Waals surface area contributed by atoms with Gasteiger partial charge in [0.1, 0.15) is 0 Å². The van der Waals surface area contributed by atoms with E-state index < -0.39 is 0 Å². The highest BCUT2D eigenvalue weighted by Crippen LogP contribution is 2.23. The van der Waals surface area contributed by atoms with E-state index in [2.05, 4.69) is 111 Å². The van der Waals surface area contributed by atoms with Crippen LogP contribution in [0.25, 0.3) is 0 Å². The van der Waals surface area contributed by atoms with Crippen LogP contribution in [0.15, 0.2) is 72.8 Å². The molecule has 0 amide bonds. The van der Waals surface area contributed by atoms with Gasteiger partial charge in [0.25, 0.3) is 0 Å². The van der Waals surface area contributed by atoms with Crippen LogP contribution in [-0.2, 0) is 12.8 Å². The van der Waals surface area contributed by atoms with Crippen LogP contribution < -0.4 is 10.6 Å². The Hall–Kier alpha value is -2.74. The summed E-state index contributed by atoms with van der Waals surface area (Å²) >= 11 is 0. The molecule has 2 nitrogen and oxygen atoms in total. The molecule has 0 radical (unpaired) electrons. The highest BCUT2D eigenvalue weighted by molar-refractivity contribution is 5.66. The van der Waals surface area contributed by atoms with Crippen molar-refractivity contribution in [2.24, 2.45) is 11.8 Å². The number of benzene rings is 3. The highest BCUT2D eigenvalue weighted by Gasteiger charge is 2.02. The first-order valence-electron chi connectivity index (χ1n) is 11.3. The normalized spacial score (nSPS) is 11.1. The van der Waals surface area contributed by atoms with Crippen LogP contribution >= 0.6 is 0 Å². The third-order valence-electron chi connectivity index (χ3n) is 5.34. The van der Waals surface area contributed by atoms with E-state index >= 15 is 0 Å². The molecule has 158 valence electrons. The summed E-state index contributed by atoms with van der Waals surface area (Å²) in [6.45, 7) is 9.11. The number of nitrogens with one attached hydrogen (secondary N) is 2. The van der Waals surface area contributed by atoms with Gasteiger partial charge in [-0.3, -0.25) is 0 Å². The van der Waals surface area contributed by atoms with Gasteiger partial charge in [-0.2, -0.15) is 0 Å². The van der Waals surface area contributed by atoms with Crippen LogP contribution in [0.5, 0.6) is 0 Å². The average molecular weight is 401 g/mol. The second-order valence-corrected chi connectivity index (χ2v) is 9.09. The minimum Gasteiger partial charge on any atom is -0.356 e. The molecular formula is C28H36N2. The Balaban J connectivity index is 1.59. The Morgan fingerprint density at radius 2 is 0.933 bits per heavy atom. The Bertz CT molecular complexity index is 833. The van der Waals surface area contributed by atoms with E-state index in [-0.39, 0.29) is 0 Å². The van der Waals surface area contributed by atoms with Gasteiger partial charge in [0.15, 0.2) is 0 Å². The lowest BCUT2D eigenvalue weighted by molar-refractivity contribution is 0.587. The minimum atomic E-state index is 0.734. The van der Waals surface area contributed by atoms with Crippen molar-refractivity contribution in [1.29, 1.82) is 0 Å². The average Bonchev–Trinajstić information content (AvgIpc) is 2.73. The number of aryl methyl sites for hydroxylation is 2. The second kappa shape index (κ2) is 10.9. The molecule has 3 rings (SSSR count). The Morgan fingerprint density at radius 3 is 1.30 bits per heavy atom. The molecule has 0 atom stereocenters. The topological polar surface area (TPSA) is 24.1 Å². The molecule has 2 heteroatoms. The van der Waals surface area contributed by atoms with Crippen LogP contribution in [-0.4, -0.2) is 0 Å². The summed E-state index contributed by atoms with van der Waals surface area (Å²) in [7, 11) is 0. The summed E-state index contributed by atoms with van der Waals surface area (Å²) in [4.78, 5) is 0. The van der Waals surface area contributed by atoms with E-state index in [9.17, 15) is 0 Å². The molecule has 0 aliphatic carbocycles. The van der Waals surface area contributed by atoms with E-state index in [4.69, 9.17) is 0 Å². The third-order valence-corrected chi connectivity index (χ3v) is 5.34. The first kappa shape index (κ1) is 22.0. The molecule has 3 aromatic carbocycles. The zero-order valence-electron chi connectivity index (χ0n) is 18.9. The summed E-state index contributed by atoms with van der Waals surface area (Å²) in [6.07, 6.45) is 4.71. The summed E-state index contributed by atoms with van der Waals surface area (Å²) in [5, 5.41) is 7.06. The summed E-state index contributed by atoms with van der Waals surface area (Å²) in [5.41, 5.74) is 7.29. The smallest absolute Gasteiger partial charge is 0.0386 e. The summed E-state index contributed by atoms with van der Waals surface area (Å²) < 4.78 is 0. The first-order chi connectivity index (χ1) is 14.5. The second-order valence-electron chi connectivity index (χ2n) is 9.09. The molecule has 0 unspecified atom stereocenters. The van der Waals surface area contributed by atoms with Gasteiger partial charge in [0.2, 0.25) is 0 Å². The predicted molar refractivity (Wildman–Crippen MR) is 132 cm³/mol. The minimum absolute atomic E-state index is 0.734. The molecule has 0 aromatic heterocycles. The van der Waals surface area contributed by atoms with Gasteiger partial charge >= 0.3 is 0 Å². The molecule has 0 saturated heterocycles. The van der Waals surface area contributed by atoms with Crippen molar-refractivity contribution in [3.05, 3.63) is 83.9 Å². The number of anilines is 4. The van der Waals surface area contributed by atoms with Crippen LogP contribution in [0.3, 0.4) is 0 Å². The largest absolute Gasteiger partial charge is 0.356 e. The van der Waals surface area contributed by atoms with Gasteiger partial charge in [0, 0.05) is 22.7 Å². The maximum Gasteiger partial charge on any atom is 0.0386 e. The highest BCUT2D eigenvalue weighted by atomic mass is 14.9. The van der Waals surface area contributed by atoms with Crippen molar-refractivity contribution in [3.8, 4) is 0 Å². The molecule has 30 heavy (non-hydrogen) atoms. The molecular weight excluding hydrogens is 364 g/mol. The molecule has 0 aliphatic heterocycles. The fourth-order valence-corrected chi connectivity index (χ4v) is 3.49. The van der Waals surface area contributed by atoms with E-state index in [1.165, 1.54) is 24.0 Å². The van der Waals surface area contributed by atoms with Gasteiger partial charge in [-0.05, 0) is 97.2 Å². The fourth-order valence-electron chi connectivity index (χ4n) is 3.49. The summed E-state index contributed by atoms with van der Waals surface area (Å²) in [5.74, 6) is 1.47. The Labute approximate surface area is 182 Å². The third kappa shape index (κ3) is 7.26. The monoisotopic (exact) mass is 400 g/mol. The van der Waals surface area contributed by atoms with Gasteiger partial charge < -0.3 is 10.6 Å². The maximum atomic E-state index is 3.53. The van der Waals surface area contributed by atoms with Gasteiger partial charge in [-0.15, -0.1) is 0 Å². The Kier molecular flexibility index (Phi) is 7.96. The maximum absolute atomic E-state index is 3.53.